The molecule has 1 aromatic rings. The lowest BCUT2D eigenvalue weighted by atomic mass is 9.85. The van der Waals surface area contributed by atoms with Crippen molar-refractivity contribution in [3.8, 4) is 11.5 Å². The van der Waals surface area contributed by atoms with Gasteiger partial charge in [-0.15, -0.1) is 0 Å². The summed E-state index contributed by atoms with van der Waals surface area (Å²) in [6.07, 6.45) is 1.03. The van der Waals surface area contributed by atoms with Gasteiger partial charge < -0.3 is 15.2 Å². The summed E-state index contributed by atoms with van der Waals surface area (Å²) in [6.45, 7) is 0. The number of ether oxygens (including phenoxy) is 1. The summed E-state index contributed by atoms with van der Waals surface area (Å²) in [4.78, 5) is 12.2. The largest absolute Gasteiger partial charge is 0.504 e. The molecule has 0 saturated heterocycles. The molecule has 0 radical (unpaired) electrons. The second kappa shape index (κ2) is 8.96. The van der Waals surface area contributed by atoms with Gasteiger partial charge in [0, 0.05) is 6.04 Å². The SMILES string of the molecule is COc1cc(CC(=O)N[C@H]2CC[C@H](/C=C\CC(F)(F)F)CC2)ccc1O. The normalized spacial score (nSPS) is 20.9. The molecule has 1 amide bonds. The Morgan fingerprint density at radius 2 is 2.00 bits per heavy atom. The fraction of sp³-hybridized carbons (Fsp3) is 0.526. The molecule has 1 fully saturated rings. The predicted molar refractivity (Wildman–Crippen MR) is 92.1 cm³/mol. The third-order valence-corrected chi connectivity index (χ3v) is 4.50. The van der Waals surface area contributed by atoms with E-state index in [0.717, 1.165) is 31.2 Å². The first-order chi connectivity index (χ1) is 12.3. The van der Waals surface area contributed by atoms with Crippen LogP contribution in [-0.2, 0) is 11.2 Å². The molecule has 1 aromatic carbocycles. The number of amides is 1. The second-order valence-electron chi connectivity index (χ2n) is 6.61. The summed E-state index contributed by atoms with van der Waals surface area (Å²) in [7, 11) is 1.44. The number of allylic oxidation sites excluding steroid dienone is 2. The number of carbonyl (C=O) groups excluding carboxylic acids is 1. The Morgan fingerprint density at radius 1 is 1.31 bits per heavy atom. The number of halogens is 3. The summed E-state index contributed by atoms with van der Waals surface area (Å²) in [5.74, 6) is 0.371. The van der Waals surface area contributed by atoms with Crippen molar-refractivity contribution < 1.29 is 27.8 Å². The molecule has 1 aliphatic rings. The van der Waals surface area contributed by atoms with E-state index in [1.807, 2.05) is 0 Å². The Hall–Kier alpha value is -2.18. The molecular formula is C19H24F3NO3. The molecule has 0 bridgehead atoms. The molecule has 0 unspecified atom stereocenters. The van der Waals surface area contributed by atoms with Crippen molar-refractivity contribution in [1.29, 1.82) is 0 Å². The first-order valence-electron chi connectivity index (χ1n) is 8.65. The Morgan fingerprint density at radius 3 is 2.62 bits per heavy atom. The third kappa shape index (κ3) is 6.61. The summed E-state index contributed by atoms with van der Waals surface area (Å²) in [5.41, 5.74) is 0.737. The number of carbonyl (C=O) groups is 1. The summed E-state index contributed by atoms with van der Waals surface area (Å²) < 4.78 is 41.5. The molecule has 0 heterocycles. The molecule has 0 aromatic heterocycles. The molecule has 0 atom stereocenters. The van der Waals surface area contributed by atoms with Gasteiger partial charge in [0.15, 0.2) is 11.5 Å². The van der Waals surface area contributed by atoms with Crippen molar-refractivity contribution in [2.45, 2.75) is 50.7 Å². The monoisotopic (exact) mass is 371 g/mol. The quantitative estimate of drug-likeness (QED) is 0.740. The van der Waals surface area contributed by atoms with Crippen LogP contribution in [0.1, 0.15) is 37.7 Å². The molecule has 7 heteroatoms. The molecule has 1 saturated carbocycles. The van der Waals surface area contributed by atoms with Crippen LogP contribution in [0, 0.1) is 5.92 Å². The lowest BCUT2D eigenvalue weighted by Gasteiger charge is -2.27. The number of methoxy groups -OCH3 is 1. The maximum Gasteiger partial charge on any atom is 0.392 e. The van der Waals surface area contributed by atoms with Crippen LogP contribution in [0.2, 0.25) is 0 Å². The third-order valence-electron chi connectivity index (χ3n) is 4.50. The van der Waals surface area contributed by atoms with Crippen molar-refractivity contribution in [2.75, 3.05) is 7.11 Å². The van der Waals surface area contributed by atoms with Crippen LogP contribution in [0.15, 0.2) is 30.4 Å². The Balaban J connectivity index is 1.76. The highest BCUT2D eigenvalue weighted by molar-refractivity contribution is 5.79. The van der Waals surface area contributed by atoms with E-state index in [2.05, 4.69) is 5.32 Å². The van der Waals surface area contributed by atoms with E-state index in [0.29, 0.717) is 5.75 Å². The molecule has 144 valence electrons. The van der Waals surface area contributed by atoms with Crippen LogP contribution >= 0.6 is 0 Å². The van der Waals surface area contributed by atoms with Gasteiger partial charge in [0.25, 0.3) is 0 Å². The standard InChI is InChI=1S/C19H24F3NO3/c1-26-17-11-14(6-9-16(17)24)12-18(25)23-15-7-4-13(5-8-15)3-2-10-19(20,21)22/h2-3,6,9,11,13,15,24H,4-5,7-8,10,12H2,1H3,(H,23,25)/b3-2-/t13-,15-. The van der Waals surface area contributed by atoms with E-state index in [-0.39, 0.29) is 30.0 Å². The minimum absolute atomic E-state index is 0.0218. The minimum Gasteiger partial charge on any atom is -0.504 e. The van der Waals surface area contributed by atoms with Crippen LogP contribution in [0.25, 0.3) is 0 Å². The maximum atomic E-state index is 12.2. The van der Waals surface area contributed by atoms with Crippen LogP contribution in [0.3, 0.4) is 0 Å². The zero-order valence-corrected chi connectivity index (χ0v) is 14.7. The number of hydrogen-bond donors (Lipinski definition) is 2. The van der Waals surface area contributed by atoms with Crippen LogP contribution in [0.4, 0.5) is 13.2 Å². The second-order valence-corrected chi connectivity index (χ2v) is 6.61. The van der Waals surface area contributed by atoms with Crippen LogP contribution in [0.5, 0.6) is 11.5 Å². The highest BCUT2D eigenvalue weighted by Crippen LogP contribution is 2.28. The predicted octanol–water partition coefficient (Wildman–Crippen LogP) is 4.13. The van der Waals surface area contributed by atoms with Gasteiger partial charge in [-0.3, -0.25) is 4.79 Å². The van der Waals surface area contributed by atoms with Crippen molar-refractivity contribution in [2.24, 2.45) is 5.92 Å². The van der Waals surface area contributed by atoms with Gasteiger partial charge in [-0.25, -0.2) is 0 Å². The molecule has 0 spiro atoms. The van der Waals surface area contributed by atoms with Gasteiger partial charge in [-0.2, -0.15) is 13.2 Å². The summed E-state index contributed by atoms with van der Waals surface area (Å²) in [5, 5.41) is 12.5. The van der Waals surface area contributed by atoms with Crippen molar-refractivity contribution in [3.05, 3.63) is 35.9 Å². The maximum absolute atomic E-state index is 12.2. The van der Waals surface area contributed by atoms with Gasteiger partial charge in [0.1, 0.15) is 0 Å². The first kappa shape index (κ1) is 20.1. The van der Waals surface area contributed by atoms with E-state index in [1.54, 1.807) is 18.2 Å². The van der Waals surface area contributed by atoms with E-state index in [9.17, 15) is 23.1 Å². The molecule has 1 aliphatic carbocycles. The Kier molecular flexibility index (Phi) is 6.94. The number of phenolic OH excluding ortho intramolecular Hbond substituents is 1. The van der Waals surface area contributed by atoms with E-state index >= 15 is 0 Å². The zero-order valence-electron chi connectivity index (χ0n) is 14.7. The fourth-order valence-electron chi connectivity index (χ4n) is 3.15. The number of rotatable bonds is 6. The zero-order chi connectivity index (χ0) is 19.2. The number of benzene rings is 1. The number of aromatic hydroxyl groups is 1. The van der Waals surface area contributed by atoms with E-state index < -0.39 is 12.6 Å². The number of hydrogen-bond acceptors (Lipinski definition) is 3. The Bertz CT molecular complexity index is 635. The van der Waals surface area contributed by atoms with Crippen molar-refractivity contribution >= 4 is 5.91 Å². The van der Waals surface area contributed by atoms with E-state index in [4.69, 9.17) is 4.74 Å². The molecule has 2 N–H and O–H groups in total. The number of alkyl halides is 3. The highest BCUT2D eigenvalue weighted by Gasteiger charge is 2.25. The van der Waals surface area contributed by atoms with Crippen molar-refractivity contribution in [1.82, 2.24) is 5.32 Å². The summed E-state index contributed by atoms with van der Waals surface area (Å²) >= 11 is 0. The fourth-order valence-corrected chi connectivity index (χ4v) is 3.15. The summed E-state index contributed by atoms with van der Waals surface area (Å²) in [6, 6.07) is 4.82. The lowest BCUT2D eigenvalue weighted by molar-refractivity contribution is -0.125. The average Bonchev–Trinajstić information content (AvgIpc) is 2.57. The van der Waals surface area contributed by atoms with Gasteiger partial charge in [-0.1, -0.05) is 18.2 Å². The molecule has 4 nitrogen and oxygen atoms in total. The minimum atomic E-state index is -4.15. The first-order valence-corrected chi connectivity index (χ1v) is 8.65. The molecule has 0 aliphatic heterocycles. The highest BCUT2D eigenvalue weighted by atomic mass is 19.4. The smallest absolute Gasteiger partial charge is 0.392 e. The van der Waals surface area contributed by atoms with Gasteiger partial charge in [-0.05, 0) is 49.3 Å². The molecule has 2 rings (SSSR count). The Labute approximate surface area is 151 Å². The average molecular weight is 371 g/mol. The lowest BCUT2D eigenvalue weighted by Crippen LogP contribution is -2.38. The van der Waals surface area contributed by atoms with Gasteiger partial charge in [0.2, 0.25) is 5.91 Å². The topological polar surface area (TPSA) is 58.6 Å². The number of phenols is 1. The van der Waals surface area contributed by atoms with E-state index in [1.165, 1.54) is 19.3 Å². The van der Waals surface area contributed by atoms with Crippen molar-refractivity contribution in [3.63, 3.8) is 0 Å². The number of nitrogens with one attached hydrogen (secondary N) is 1. The van der Waals surface area contributed by atoms with Gasteiger partial charge in [0.05, 0.1) is 20.0 Å². The van der Waals surface area contributed by atoms with Crippen LogP contribution in [-0.4, -0.2) is 30.3 Å². The van der Waals surface area contributed by atoms with Crippen LogP contribution < -0.4 is 10.1 Å². The molecule has 26 heavy (non-hydrogen) atoms. The molecular weight excluding hydrogens is 347 g/mol. The van der Waals surface area contributed by atoms with Gasteiger partial charge >= 0.3 is 6.18 Å².